The summed E-state index contributed by atoms with van der Waals surface area (Å²) in [6, 6.07) is 0.0310. The fourth-order valence-corrected chi connectivity index (χ4v) is 5.40. The first kappa shape index (κ1) is 19.8. The minimum atomic E-state index is -0.423. The van der Waals surface area contributed by atoms with Crippen molar-refractivity contribution in [1.29, 1.82) is 0 Å². The first-order valence-corrected chi connectivity index (χ1v) is 10.9. The first-order valence-electron chi connectivity index (χ1n) is 9.13. The van der Waals surface area contributed by atoms with Crippen LogP contribution in [0.15, 0.2) is 9.95 Å². The number of thioether (sulfide) groups is 1. The average molecular weight is 399 g/mol. The molecular formula is C18H28N3O3S2+. The summed E-state index contributed by atoms with van der Waals surface area (Å²) in [7, 11) is 0. The molecule has 144 valence electrons. The number of aliphatic hydroxyl groups excluding tert-OH is 1. The molecule has 0 amide bonds. The Bertz CT molecular complexity index is 825. The fraction of sp³-hybridized carbons (Fsp3) is 0.667. The fourth-order valence-electron chi connectivity index (χ4n) is 3.27. The van der Waals surface area contributed by atoms with E-state index >= 15 is 0 Å². The lowest BCUT2D eigenvalue weighted by atomic mass is 10.2. The van der Waals surface area contributed by atoms with Gasteiger partial charge < -0.3 is 14.7 Å². The predicted octanol–water partition coefficient (Wildman–Crippen LogP) is 1.02. The Kier molecular flexibility index (Phi) is 6.40. The van der Waals surface area contributed by atoms with Gasteiger partial charge in [-0.15, -0.1) is 11.3 Å². The number of rotatable bonds is 6. The van der Waals surface area contributed by atoms with Crippen molar-refractivity contribution in [2.24, 2.45) is 0 Å². The van der Waals surface area contributed by atoms with Gasteiger partial charge in [0.1, 0.15) is 30.6 Å². The van der Waals surface area contributed by atoms with Crippen molar-refractivity contribution < 1.29 is 14.7 Å². The number of nitrogens with one attached hydrogen (secondary N) is 1. The summed E-state index contributed by atoms with van der Waals surface area (Å²) in [4.78, 5) is 21.1. The Labute approximate surface area is 162 Å². The summed E-state index contributed by atoms with van der Waals surface area (Å²) in [5.74, 6) is 0.540. The number of aromatic nitrogens is 2. The number of aryl methyl sites for hydroxylation is 2. The Morgan fingerprint density at radius 3 is 2.69 bits per heavy atom. The number of thiophene rings is 1. The van der Waals surface area contributed by atoms with Crippen molar-refractivity contribution in [1.82, 2.24) is 9.55 Å². The summed E-state index contributed by atoms with van der Waals surface area (Å²) < 4.78 is 7.13. The van der Waals surface area contributed by atoms with Crippen LogP contribution in [0.1, 0.15) is 30.3 Å². The van der Waals surface area contributed by atoms with E-state index in [0.29, 0.717) is 17.5 Å². The smallest absolute Gasteiger partial charge is 0.263 e. The summed E-state index contributed by atoms with van der Waals surface area (Å²) in [5.41, 5.74) is 1.06. The van der Waals surface area contributed by atoms with Gasteiger partial charge in [-0.1, -0.05) is 11.8 Å². The molecule has 0 unspecified atom stereocenters. The van der Waals surface area contributed by atoms with Crippen molar-refractivity contribution in [3.8, 4) is 0 Å². The van der Waals surface area contributed by atoms with E-state index in [9.17, 15) is 9.90 Å². The number of morpholine rings is 1. The number of fused-ring (bicyclic) bond motifs is 1. The Hall–Kier alpha value is -0.930. The molecule has 6 nitrogen and oxygen atoms in total. The van der Waals surface area contributed by atoms with Gasteiger partial charge in [0.15, 0.2) is 5.16 Å². The minimum Gasteiger partial charge on any atom is -0.386 e. The first-order chi connectivity index (χ1) is 12.4. The summed E-state index contributed by atoms with van der Waals surface area (Å²) in [5, 5.41) is 11.9. The lowest BCUT2D eigenvalue weighted by Gasteiger charge is -2.25. The molecule has 1 fully saturated rings. The molecule has 0 aromatic carbocycles. The summed E-state index contributed by atoms with van der Waals surface area (Å²) >= 11 is 3.05. The van der Waals surface area contributed by atoms with Gasteiger partial charge in [0.05, 0.1) is 18.6 Å². The van der Waals surface area contributed by atoms with Gasteiger partial charge in [-0.25, -0.2) is 4.98 Å². The lowest BCUT2D eigenvalue weighted by Crippen LogP contribution is -3.15. The second-order valence-corrected chi connectivity index (χ2v) is 9.35. The molecule has 2 aromatic rings. The van der Waals surface area contributed by atoms with Crippen molar-refractivity contribution in [2.45, 2.75) is 45.0 Å². The van der Waals surface area contributed by atoms with E-state index in [-0.39, 0.29) is 11.6 Å². The molecule has 0 saturated carbocycles. The normalized spacial score (nSPS) is 17.3. The van der Waals surface area contributed by atoms with Crippen molar-refractivity contribution in [2.75, 3.05) is 38.6 Å². The molecule has 1 atom stereocenters. The molecule has 1 aliphatic rings. The third-order valence-corrected chi connectivity index (χ3v) is 7.05. The molecule has 3 heterocycles. The van der Waals surface area contributed by atoms with E-state index in [0.717, 1.165) is 47.0 Å². The maximum Gasteiger partial charge on any atom is 0.263 e. The van der Waals surface area contributed by atoms with Gasteiger partial charge in [0.25, 0.3) is 5.56 Å². The second-order valence-electron chi connectivity index (χ2n) is 7.16. The number of aliphatic hydroxyl groups is 1. The van der Waals surface area contributed by atoms with Gasteiger partial charge in [-0.2, -0.15) is 0 Å². The topological polar surface area (TPSA) is 68.8 Å². The van der Waals surface area contributed by atoms with Crippen LogP contribution in [0.4, 0.5) is 0 Å². The third kappa shape index (κ3) is 4.14. The van der Waals surface area contributed by atoms with E-state index in [1.54, 1.807) is 15.9 Å². The van der Waals surface area contributed by atoms with E-state index in [4.69, 9.17) is 9.72 Å². The minimum absolute atomic E-state index is 0.0302. The molecule has 2 aromatic heterocycles. The zero-order valence-corrected chi connectivity index (χ0v) is 17.5. The molecule has 1 aliphatic heterocycles. The van der Waals surface area contributed by atoms with Crippen LogP contribution in [0.3, 0.4) is 0 Å². The number of hydrogen-bond acceptors (Lipinski definition) is 6. The molecule has 8 heteroatoms. The second kappa shape index (κ2) is 8.39. The van der Waals surface area contributed by atoms with Crippen LogP contribution in [0, 0.1) is 13.8 Å². The van der Waals surface area contributed by atoms with Crippen molar-refractivity contribution >= 4 is 33.3 Å². The van der Waals surface area contributed by atoms with Crippen LogP contribution in [-0.4, -0.2) is 59.4 Å². The predicted molar refractivity (Wildman–Crippen MR) is 107 cm³/mol. The SMILES string of the molecule is Cc1sc2nc(SC[C@@H](O)C[NH+]3CCOCC3)n(C(C)C)c(=O)c2c1C. The van der Waals surface area contributed by atoms with E-state index in [1.807, 2.05) is 27.7 Å². The Morgan fingerprint density at radius 1 is 1.35 bits per heavy atom. The van der Waals surface area contributed by atoms with Crippen LogP contribution in [0.5, 0.6) is 0 Å². The molecule has 3 rings (SSSR count). The van der Waals surface area contributed by atoms with Crippen molar-refractivity contribution in [3.05, 3.63) is 20.8 Å². The Morgan fingerprint density at radius 2 is 2.04 bits per heavy atom. The molecule has 0 radical (unpaired) electrons. The standard InChI is InChI=1S/C18H27N3O3S2/c1-11(2)21-17(23)15-12(3)13(4)26-16(15)19-18(21)25-10-14(22)9-20-5-7-24-8-6-20/h11,14,22H,5-10H2,1-4H3/p+1/t14-/m0/s1. The van der Waals surface area contributed by atoms with Crippen LogP contribution < -0.4 is 10.5 Å². The van der Waals surface area contributed by atoms with Crippen LogP contribution >= 0.6 is 23.1 Å². The van der Waals surface area contributed by atoms with E-state index in [2.05, 4.69) is 0 Å². The number of quaternary nitrogens is 1. The lowest BCUT2D eigenvalue weighted by molar-refractivity contribution is -0.910. The third-order valence-electron chi connectivity index (χ3n) is 4.85. The van der Waals surface area contributed by atoms with Crippen LogP contribution in [0.2, 0.25) is 0 Å². The maximum absolute atomic E-state index is 13.0. The summed E-state index contributed by atoms with van der Waals surface area (Å²) in [6.07, 6.45) is -0.423. The zero-order valence-electron chi connectivity index (χ0n) is 15.9. The highest BCUT2D eigenvalue weighted by molar-refractivity contribution is 7.99. The molecule has 2 N–H and O–H groups in total. The highest BCUT2D eigenvalue weighted by atomic mass is 32.2. The number of hydrogen-bond donors (Lipinski definition) is 2. The van der Waals surface area contributed by atoms with E-state index < -0.39 is 6.10 Å². The van der Waals surface area contributed by atoms with E-state index in [1.165, 1.54) is 16.7 Å². The monoisotopic (exact) mass is 398 g/mol. The zero-order chi connectivity index (χ0) is 18.8. The van der Waals surface area contributed by atoms with Crippen LogP contribution in [-0.2, 0) is 4.74 Å². The molecule has 0 aliphatic carbocycles. The average Bonchev–Trinajstić information content (AvgIpc) is 2.88. The number of ether oxygens (including phenoxy) is 1. The molecule has 1 saturated heterocycles. The quantitative estimate of drug-likeness (QED) is 0.562. The molecule has 0 bridgehead atoms. The number of nitrogens with zero attached hydrogens (tertiary/aromatic N) is 2. The Balaban J connectivity index is 1.80. The van der Waals surface area contributed by atoms with Crippen LogP contribution in [0.25, 0.3) is 10.2 Å². The summed E-state index contributed by atoms with van der Waals surface area (Å²) in [6.45, 7) is 12.1. The van der Waals surface area contributed by atoms with Crippen molar-refractivity contribution in [3.63, 3.8) is 0 Å². The molecular weight excluding hydrogens is 370 g/mol. The largest absolute Gasteiger partial charge is 0.386 e. The van der Waals surface area contributed by atoms with Gasteiger partial charge in [-0.3, -0.25) is 9.36 Å². The molecule has 0 spiro atoms. The van der Waals surface area contributed by atoms with Gasteiger partial charge >= 0.3 is 0 Å². The highest BCUT2D eigenvalue weighted by Crippen LogP contribution is 2.29. The molecule has 26 heavy (non-hydrogen) atoms. The highest BCUT2D eigenvalue weighted by Gasteiger charge is 2.21. The van der Waals surface area contributed by atoms with Gasteiger partial charge in [0.2, 0.25) is 0 Å². The maximum atomic E-state index is 13.0. The van der Waals surface area contributed by atoms with Gasteiger partial charge in [0, 0.05) is 16.7 Å². The van der Waals surface area contributed by atoms with Gasteiger partial charge in [-0.05, 0) is 33.3 Å².